The van der Waals surface area contributed by atoms with E-state index in [2.05, 4.69) is 6.92 Å². The number of rotatable bonds is 3. The largest absolute Gasteiger partial charge is 0.338 e. The molecule has 0 bridgehead atoms. The molecule has 1 aliphatic heterocycles. The molecule has 1 heterocycles. The molecule has 0 radical (unpaired) electrons. The number of allylic oxidation sites excluding steroid dienone is 1. The SMILES string of the molecule is CCC(C)/C=C(\C#N)C(=O)N1CCCC1. The molecule has 0 N–H and O–H groups in total. The van der Waals surface area contributed by atoms with Crippen LogP contribution in [0.25, 0.3) is 0 Å². The van der Waals surface area contributed by atoms with Crippen LogP contribution in [0.5, 0.6) is 0 Å². The van der Waals surface area contributed by atoms with E-state index < -0.39 is 0 Å². The average molecular weight is 206 g/mol. The van der Waals surface area contributed by atoms with Gasteiger partial charge in [0.25, 0.3) is 5.91 Å². The number of hydrogen-bond donors (Lipinski definition) is 0. The Morgan fingerprint density at radius 2 is 2.13 bits per heavy atom. The van der Waals surface area contributed by atoms with Crippen molar-refractivity contribution >= 4 is 5.91 Å². The van der Waals surface area contributed by atoms with Crippen molar-refractivity contribution in [3.05, 3.63) is 11.6 Å². The minimum atomic E-state index is -0.0877. The fourth-order valence-electron chi connectivity index (χ4n) is 1.65. The molecule has 1 amide bonds. The summed E-state index contributed by atoms with van der Waals surface area (Å²) in [5.74, 6) is 0.210. The Labute approximate surface area is 91.4 Å². The lowest BCUT2D eigenvalue weighted by Crippen LogP contribution is -2.28. The van der Waals surface area contributed by atoms with E-state index in [4.69, 9.17) is 5.26 Å². The normalized spacial score (nSPS) is 18.7. The maximum atomic E-state index is 11.9. The van der Waals surface area contributed by atoms with Gasteiger partial charge in [-0.1, -0.05) is 26.3 Å². The van der Waals surface area contributed by atoms with Gasteiger partial charge in [0.15, 0.2) is 0 Å². The fourth-order valence-corrected chi connectivity index (χ4v) is 1.65. The van der Waals surface area contributed by atoms with E-state index in [9.17, 15) is 4.79 Å². The van der Waals surface area contributed by atoms with E-state index in [-0.39, 0.29) is 5.91 Å². The zero-order chi connectivity index (χ0) is 11.3. The third-order valence-electron chi connectivity index (χ3n) is 2.84. The first-order valence-corrected chi connectivity index (χ1v) is 5.60. The molecule has 0 spiro atoms. The van der Waals surface area contributed by atoms with Crippen molar-refractivity contribution in [3.63, 3.8) is 0 Å². The Hall–Kier alpha value is -1.30. The van der Waals surface area contributed by atoms with Gasteiger partial charge in [-0.25, -0.2) is 0 Å². The van der Waals surface area contributed by atoms with Crippen LogP contribution in [-0.2, 0) is 4.79 Å². The van der Waals surface area contributed by atoms with Crippen LogP contribution in [0.15, 0.2) is 11.6 Å². The lowest BCUT2D eigenvalue weighted by atomic mass is 10.1. The van der Waals surface area contributed by atoms with Crippen molar-refractivity contribution in [2.45, 2.75) is 33.1 Å². The molecule has 1 fully saturated rings. The number of amides is 1. The van der Waals surface area contributed by atoms with Crippen LogP contribution in [0, 0.1) is 17.2 Å². The molecule has 1 atom stereocenters. The van der Waals surface area contributed by atoms with Crippen LogP contribution in [-0.4, -0.2) is 23.9 Å². The van der Waals surface area contributed by atoms with Gasteiger partial charge in [-0.15, -0.1) is 0 Å². The highest BCUT2D eigenvalue weighted by atomic mass is 16.2. The molecule has 0 aromatic heterocycles. The first kappa shape index (κ1) is 11.8. The van der Waals surface area contributed by atoms with Gasteiger partial charge < -0.3 is 4.90 Å². The Morgan fingerprint density at radius 3 is 2.60 bits per heavy atom. The molecule has 1 aliphatic rings. The summed E-state index contributed by atoms with van der Waals surface area (Å²) in [6.07, 6.45) is 4.88. The molecule has 1 unspecified atom stereocenters. The van der Waals surface area contributed by atoms with Gasteiger partial charge in [-0.05, 0) is 18.8 Å². The lowest BCUT2D eigenvalue weighted by molar-refractivity contribution is -0.125. The van der Waals surface area contributed by atoms with Crippen molar-refractivity contribution in [3.8, 4) is 6.07 Å². The highest BCUT2D eigenvalue weighted by Gasteiger charge is 2.21. The van der Waals surface area contributed by atoms with Gasteiger partial charge in [-0.2, -0.15) is 5.26 Å². The number of nitrogens with zero attached hydrogens (tertiary/aromatic N) is 2. The monoisotopic (exact) mass is 206 g/mol. The standard InChI is InChI=1S/C12H18N2O/c1-3-10(2)8-11(9-13)12(15)14-6-4-5-7-14/h8,10H,3-7H2,1-2H3/b11-8+. The number of carbonyl (C=O) groups is 1. The second-order valence-electron chi connectivity index (χ2n) is 4.08. The molecular weight excluding hydrogens is 188 g/mol. The smallest absolute Gasteiger partial charge is 0.264 e. The Bertz CT molecular complexity index is 295. The third kappa shape index (κ3) is 3.09. The number of nitriles is 1. The summed E-state index contributed by atoms with van der Waals surface area (Å²) >= 11 is 0. The minimum absolute atomic E-state index is 0.0877. The minimum Gasteiger partial charge on any atom is -0.338 e. The van der Waals surface area contributed by atoms with Gasteiger partial charge >= 0.3 is 0 Å². The van der Waals surface area contributed by atoms with Crippen molar-refractivity contribution < 1.29 is 4.79 Å². The lowest BCUT2D eigenvalue weighted by Gasteiger charge is -2.14. The van der Waals surface area contributed by atoms with Crippen molar-refractivity contribution in [2.75, 3.05) is 13.1 Å². The maximum absolute atomic E-state index is 11.9. The molecule has 0 saturated carbocycles. The predicted octanol–water partition coefficient (Wildman–Crippen LogP) is 2.10. The Kier molecular flexibility index (Phi) is 4.36. The third-order valence-corrected chi connectivity index (χ3v) is 2.84. The van der Waals surface area contributed by atoms with E-state index in [1.54, 1.807) is 11.0 Å². The van der Waals surface area contributed by atoms with Gasteiger partial charge in [0.1, 0.15) is 11.6 Å². The predicted molar refractivity (Wildman–Crippen MR) is 59.0 cm³/mol. The summed E-state index contributed by atoms with van der Waals surface area (Å²) in [7, 11) is 0. The van der Waals surface area contributed by atoms with Crippen LogP contribution in [0.4, 0.5) is 0 Å². The number of carbonyl (C=O) groups excluding carboxylic acids is 1. The van der Waals surface area contributed by atoms with Crippen molar-refractivity contribution in [2.24, 2.45) is 5.92 Å². The quantitative estimate of drug-likeness (QED) is 0.524. The van der Waals surface area contributed by atoms with Gasteiger partial charge in [0.2, 0.25) is 0 Å². The van der Waals surface area contributed by atoms with Crippen LogP contribution < -0.4 is 0 Å². The van der Waals surface area contributed by atoms with Crippen LogP contribution in [0.3, 0.4) is 0 Å². The molecule has 0 aliphatic carbocycles. The van der Waals surface area contributed by atoms with Crippen LogP contribution >= 0.6 is 0 Å². The van der Waals surface area contributed by atoms with Crippen LogP contribution in [0.1, 0.15) is 33.1 Å². The van der Waals surface area contributed by atoms with E-state index in [1.165, 1.54) is 0 Å². The Balaban J connectivity index is 2.70. The summed E-state index contributed by atoms with van der Waals surface area (Å²) in [6, 6.07) is 2.01. The van der Waals surface area contributed by atoms with Crippen molar-refractivity contribution in [1.82, 2.24) is 4.90 Å². The van der Waals surface area contributed by atoms with Crippen LogP contribution in [0.2, 0.25) is 0 Å². The van der Waals surface area contributed by atoms with E-state index in [0.717, 1.165) is 32.4 Å². The van der Waals surface area contributed by atoms with Gasteiger partial charge in [0.05, 0.1) is 0 Å². The second-order valence-corrected chi connectivity index (χ2v) is 4.08. The topological polar surface area (TPSA) is 44.1 Å². The molecule has 3 heteroatoms. The molecule has 0 aromatic carbocycles. The summed E-state index contributed by atoms with van der Waals surface area (Å²) < 4.78 is 0. The molecule has 3 nitrogen and oxygen atoms in total. The maximum Gasteiger partial charge on any atom is 0.264 e. The summed E-state index contributed by atoms with van der Waals surface area (Å²) in [5.41, 5.74) is 0.311. The zero-order valence-electron chi connectivity index (χ0n) is 9.49. The molecule has 1 rings (SSSR count). The Morgan fingerprint density at radius 1 is 1.53 bits per heavy atom. The first-order valence-electron chi connectivity index (χ1n) is 5.60. The molecule has 15 heavy (non-hydrogen) atoms. The molecular formula is C12H18N2O. The summed E-state index contributed by atoms with van der Waals surface area (Å²) in [6.45, 7) is 5.68. The molecule has 0 aromatic rings. The summed E-state index contributed by atoms with van der Waals surface area (Å²) in [4.78, 5) is 13.6. The zero-order valence-corrected chi connectivity index (χ0v) is 9.49. The van der Waals surface area contributed by atoms with E-state index >= 15 is 0 Å². The highest BCUT2D eigenvalue weighted by molar-refractivity contribution is 5.97. The fraction of sp³-hybridized carbons (Fsp3) is 0.667. The molecule has 1 saturated heterocycles. The first-order chi connectivity index (χ1) is 7.19. The molecule has 82 valence electrons. The van der Waals surface area contributed by atoms with Gasteiger partial charge in [0, 0.05) is 13.1 Å². The van der Waals surface area contributed by atoms with Crippen molar-refractivity contribution in [1.29, 1.82) is 5.26 Å². The van der Waals surface area contributed by atoms with E-state index in [1.807, 2.05) is 13.0 Å². The number of hydrogen-bond acceptors (Lipinski definition) is 2. The van der Waals surface area contributed by atoms with Gasteiger partial charge in [-0.3, -0.25) is 4.79 Å². The summed E-state index contributed by atoms with van der Waals surface area (Å²) in [5, 5.41) is 8.94. The number of likely N-dealkylation sites (tertiary alicyclic amines) is 1. The average Bonchev–Trinajstić information content (AvgIpc) is 2.77. The second kappa shape index (κ2) is 5.55. The highest BCUT2D eigenvalue weighted by Crippen LogP contribution is 2.14. The van der Waals surface area contributed by atoms with E-state index in [0.29, 0.717) is 11.5 Å².